The van der Waals surface area contributed by atoms with Crippen LogP contribution in [0.25, 0.3) is 0 Å². The molecule has 0 heterocycles. The summed E-state index contributed by atoms with van der Waals surface area (Å²) in [5.74, 6) is -0.812. The molecule has 0 radical (unpaired) electrons. The van der Waals surface area contributed by atoms with Gasteiger partial charge in [-0.1, -0.05) is 24.3 Å². The van der Waals surface area contributed by atoms with Crippen LogP contribution in [0.4, 0.5) is 14.4 Å². The van der Waals surface area contributed by atoms with Crippen LogP contribution in [0.1, 0.15) is 12.0 Å². The first kappa shape index (κ1) is 26.9. The van der Waals surface area contributed by atoms with Gasteiger partial charge in [0.2, 0.25) is 0 Å². The lowest BCUT2D eigenvalue weighted by molar-refractivity contribution is -0.147. The van der Waals surface area contributed by atoms with Crippen LogP contribution < -0.4 is 19.9 Å². The molecule has 0 fully saturated rings. The van der Waals surface area contributed by atoms with Crippen molar-refractivity contribution in [2.75, 3.05) is 27.9 Å². The summed E-state index contributed by atoms with van der Waals surface area (Å²) in [6.45, 7) is -0.258. The topological polar surface area (TPSA) is 159 Å². The number of benzene rings is 2. The Morgan fingerprint density at radius 3 is 2.00 bits per heavy atom. The maximum Gasteiger partial charge on any atom is 0.513 e. The minimum absolute atomic E-state index is 0.118. The van der Waals surface area contributed by atoms with E-state index in [4.69, 9.17) is 29.4 Å². The van der Waals surface area contributed by atoms with Crippen molar-refractivity contribution >= 4 is 24.4 Å². The Morgan fingerprint density at radius 1 is 0.771 bits per heavy atom. The van der Waals surface area contributed by atoms with Crippen LogP contribution in [0.5, 0.6) is 17.2 Å². The third-order valence-corrected chi connectivity index (χ3v) is 4.55. The summed E-state index contributed by atoms with van der Waals surface area (Å²) in [5.41, 5.74) is 5.07. The zero-order chi connectivity index (χ0) is 25.8. The number of carbonyl (C=O) groups is 4. The molecule has 2 aromatic carbocycles. The summed E-state index contributed by atoms with van der Waals surface area (Å²) in [5, 5.41) is 0. The predicted molar refractivity (Wildman–Crippen MR) is 118 cm³/mol. The molecule has 1 atom stereocenters. The van der Waals surface area contributed by atoms with Crippen LogP contribution in [-0.2, 0) is 30.2 Å². The number of ether oxygens (including phenoxy) is 7. The van der Waals surface area contributed by atoms with Crippen molar-refractivity contribution in [3.63, 3.8) is 0 Å². The molecule has 0 amide bonds. The van der Waals surface area contributed by atoms with Crippen molar-refractivity contribution in [1.29, 1.82) is 0 Å². The first-order valence-corrected chi connectivity index (χ1v) is 10.1. The van der Waals surface area contributed by atoms with Crippen molar-refractivity contribution in [2.24, 2.45) is 5.73 Å². The second kappa shape index (κ2) is 12.8. The number of esters is 1. The number of methoxy groups -OCH3 is 3. The van der Waals surface area contributed by atoms with E-state index in [9.17, 15) is 19.2 Å². The van der Waals surface area contributed by atoms with Crippen LogP contribution in [0, 0.1) is 0 Å². The summed E-state index contributed by atoms with van der Waals surface area (Å²) >= 11 is 0. The second-order valence-corrected chi connectivity index (χ2v) is 6.98. The van der Waals surface area contributed by atoms with Gasteiger partial charge >= 0.3 is 24.4 Å². The van der Waals surface area contributed by atoms with E-state index in [-0.39, 0.29) is 36.7 Å². The molecule has 2 aromatic rings. The Kier molecular flexibility index (Phi) is 9.84. The van der Waals surface area contributed by atoms with Crippen molar-refractivity contribution in [2.45, 2.75) is 18.4 Å². The van der Waals surface area contributed by atoms with E-state index in [0.717, 1.165) is 21.3 Å². The second-order valence-electron chi connectivity index (χ2n) is 6.98. The van der Waals surface area contributed by atoms with E-state index in [1.54, 1.807) is 30.3 Å². The van der Waals surface area contributed by atoms with Crippen LogP contribution >= 0.6 is 0 Å². The molecule has 0 saturated heterocycles. The van der Waals surface area contributed by atoms with E-state index in [2.05, 4.69) is 9.47 Å². The zero-order valence-corrected chi connectivity index (χ0v) is 19.3. The molecule has 0 unspecified atom stereocenters. The third-order valence-electron chi connectivity index (χ3n) is 4.55. The van der Waals surface area contributed by atoms with Gasteiger partial charge in [-0.2, -0.15) is 0 Å². The van der Waals surface area contributed by atoms with Gasteiger partial charge in [-0.3, -0.25) is 4.79 Å². The monoisotopic (exact) mass is 491 g/mol. The normalized spacial score (nSPS) is 11.9. The molecule has 35 heavy (non-hydrogen) atoms. The van der Waals surface area contributed by atoms with Gasteiger partial charge in [-0.15, -0.1) is 0 Å². The van der Waals surface area contributed by atoms with Gasteiger partial charge in [0.1, 0.15) is 11.3 Å². The molecule has 0 aliphatic heterocycles. The van der Waals surface area contributed by atoms with Gasteiger partial charge in [0, 0.05) is 12.8 Å². The molecule has 0 aromatic heterocycles. The fraction of sp³-hybridized carbons (Fsp3) is 0.304. The SMILES string of the molecule is COC(=O)Oc1ccc(C[C@](N)(CCOC(=O)Oc2ccccc2)C(=O)OC)cc1OC(=O)OC. The Balaban J connectivity index is 2.15. The van der Waals surface area contributed by atoms with Crippen molar-refractivity contribution < 1.29 is 52.3 Å². The van der Waals surface area contributed by atoms with Crippen molar-refractivity contribution in [3.05, 3.63) is 54.1 Å². The number of carbonyl (C=O) groups excluding carboxylic acids is 4. The van der Waals surface area contributed by atoms with Crippen molar-refractivity contribution in [3.8, 4) is 17.2 Å². The molecular formula is C23H25NO11. The maximum absolute atomic E-state index is 12.5. The van der Waals surface area contributed by atoms with E-state index in [1.807, 2.05) is 0 Å². The number of hydrogen-bond donors (Lipinski definition) is 1. The lowest BCUT2D eigenvalue weighted by Gasteiger charge is -2.26. The largest absolute Gasteiger partial charge is 0.513 e. The minimum atomic E-state index is -1.63. The summed E-state index contributed by atoms with van der Waals surface area (Å²) in [4.78, 5) is 47.4. The van der Waals surface area contributed by atoms with E-state index >= 15 is 0 Å². The Morgan fingerprint density at radius 2 is 1.40 bits per heavy atom. The minimum Gasteiger partial charge on any atom is -0.468 e. The molecular weight excluding hydrogens is 466 g/mol. The molecule has 0 spiro atoms. The van der Waals surface area contributed by atoms with E-state index < -0.39 is 30.0 Å². The molecule has 0 aliphatic carbocycles. The summed E-state index contributed by atoms with van der Waals surface area (Å²) in [7, 11) is 3.36. The van der Waals surface area contributed by atoms with Gasteiger partial charge in [-0.05, 0) is 29.8 Å². The summed E-state index contributed by atoms with van der Waals surface area (Å²) in [6.07, 6.45) is -3.34. The molecule has 188 valence electrons. The Labute approximate surface area is 200 Å². The number of nitrogens with two attached hydrogens (primary N) is 1. The molecule has 2 rings (SSSR count). The molecule has 0 aliphatic rings. The van der Waals surface area contributed by atoms with Gasteiger partial charge in [-0.25, -0.2) is 14.4 Å². The molecule has 0 bridgehead atoms. The van der Waals surface area contributed by atoms with Gasteiger partial charge < -0.3 is 38.9 Å². The maximum atomic E-state index is 12.5. The molecule has 12 nitrogen and oxygen atoms in total. The molecule has 0 saturated carbocycles. The molecule has 2 N–H and O–H groups in total. The smallest absolute Gasteiger partial charge is 0.468 e. The van der Waals surface area contributed by atoms with Crippen molar-refractivity contribution in [1.82, 2.24) is 0 Å². The van der Waals surface area contributed by atoms with Gasteiger partial charge in [0.15, 0.2) is 11.5 Å². The standard InChI is InChI=1S/C23H25NO11/c1-29-19(25)23(24,11-12-32-22(28)33-16-7-5-4-6-8-16)14-15-9-10-17(34-20(26)30-2)18(13-15)35-21(27)31-3/h4-10,13H,11-12,14,24H2,1-3H3/t23-/m1/s1. The van der Waals surface area contributed by atoms with E-state index in [1.165, 1.54) is 18.2 Å². The number of hydrogen-bond acceptors (Lipinski definition) is 12. The summed E-state index contributed by atoms with van der Waals surface area (Å²) in [6, 6.07) is 12.4. The predicted octanol–water partition coefficient (Wildman–Crippen LogP) is 3.00. The Hall–Kier alpha value is -4.32. The highest BCUT2D eigenvalue weighted by molar-refractivity contribution is 5.81. The number of rotatable bonds is 9. The Bertz CT molecular complexity index is 1040. The lowest BCUT2D eigenvalue weighted by atomic mass is 9.88. The third kappa shape index (κ3) is 8.19. The lowest BCUT2D eigenvalue weighted by Crippen LogP contribution is -2.51. The average molecular weight is 491 g/mol. The quantitative estimate of drug-likeness (QED) is 0.311. The van der Waals surface area contributed by atoms with Crippen LogP contribution in [0.3, 0.4) is 0 Å². The molecule has 12 heteroatoms. The van der Waals surface area contributed by atoms with Crippen LogP contribution in [0.2, 0.25) is 0 Å². The van der Waals surface area contributed by atoms with Gasteiger partial charge in [0.05, 0.1) is 27.9 Å². The summed E-state index contributed by atoms with van der Waals surface area (Å²) < 4.78 is 33.7. The fourth-order valence-corrected chi connectivity index (χ4v) is 2.85. The zero-order valence-electron chi connectivity index (χ0n) is 19.3. The van der Waals surface area contributed by atoms with Gasteiger partial charge in [0.25, 0.3) is 0 Å². The average Bonchev–Trinajstić information content (AvgIpc) is 2.85. The number of para-hydroxylation sites is 1. The van der Waals surface area contributed by atoms with Crippen LogP contribution in [0.15, 0.2) is 48.5 Å². The first-order valence-electron chi connectivity index (χ1n) is 10.1. The highest BCUT2D eigenvalue weighted by Gasteiger charge is 2.36. The fourth-order valence-electron chi connectivity index (χ4n) is 2.85. The highest BCUT2D eigenvalue weighted by atomic mass is 16.7. The van der Waals surface area contributed by atoms with E-state index in [0.29, 0.717) is 5.56 Å². The first-order chi connectivity index (χ1) is 16.7. The highest BCUT2D eigenvalue weighted by Crippen LogP contribution is 2.31. The van der Waals surface area contributed by atoms with Crippen LogP contribution in [-0.4, -0.2) is 57.9 Å².